The third-order valence-electron chi connectivity index (χ3n) is 4.11. The van der Waals surface area contributed by atoms with E-state index in [-0.39, 0.29) is 0 Å². The Labute approximate surface area is 105 Å². The Morgan fingerprint density at radius 2 is 2.06 bits per heavy atom. The highest BCUT2D eigenvalue weighted by Gasteiger charge is 2.43. The van der Waals surface area contributed by atoms with Gasteiger partial charge in [-0.3, -0.25) is 4.79 Å². The van der Waals surface area contributed by atoms with E-state index in [2.05, 4.69) is 12.1 Å². The van der Waals surface area contributed by atoms with Crippen LogP contribution in [-0.4, -0.2) is 16.8 Å². The number of fused-ring (bicyclic) bond motifs is 1. The molecule has 0 radical (unpaired) electrons. The Morgan fingerprint density at radius 3 is 2.76 bits per heavy atom. The zero-order chi connectivity index (χ0) is 11.9. The minimum absolute atomic E-state index is 0.595. The maximum atomic E-state index is 11.6. The van der Waals surface area contributed by atoms with Gasteiger partial charge in [-0.1, -0.05) is 25.0 Å². The Kier molecular flexibility index (Phi) is 2.66. The maximum Gasteiger partial charge on any atom is 0.314 e. The first-order valence-corrected chi connectivity index (χ1v) is 7.20. The van der Waals surface area contributed by atoms with Gasteiger partial charge < -0.3 is 5.11 Å². The van der Waals surface area contributed by atoms with E-state index in [9.17, 15) is 9.90 Å². The van der Waals surface area contributed by atoms with Crippen LogP contribution in [0.15, 0.2) is 23.1 Å². The molecule has 3 rings (SSSR count). The Bertz CT molecular complexity index is 461. The van der Waals surface area contributed by atoms with Crippen LogP contribution in [0.25, 0.3) is 0 Å². The molecule has 1 fully saturated rings. The van der Waals surface area contributed by atoms with Gasteiger partial charge in [0, 0.05) is 10.6 Å². The number of carbonyl (C=O) groups is 1. The second-order valence-electron chi connectivity index (χ2n) is 5.02. The highest BCUT2D eigenvalue weighted by atomic mass is 32.2. The summed E-state index contributed by atoms with van der Waals surface area (Å²) in [5.41, 5.74) is 1.78. The van der Waals surface area contributed by atoms with Crippen molar-refractivity contribution in [1.82, 2.24) is 0 Å². The van der Waals surface area contributed by atoms with Gasteiger partial charge in [0.25, 0.3) is 0 Å². The lowest BCUT2D eigenvalue weighted by atomic mass is 9.78. The van der Waals surface area contributed by atoms with Crippen LogP contribution in [0.4, 0.5) is 0 Å². The summed E-state index contributed by atoms with van der Waals surface area (Å²) in [7, 11) is 0. The molecule has 1 saturated carbocycles. The zero-order valence-corrected chi connectivity index (χ0v) is 10.6. The molecule has 17 heavy (non-hydrogen) atoms. The summed E-state index contributed by atoms with van der Waals surface area (Å²) < 4.78 is 0. The van der Waals surface area contributed by atoms with E-state index in [1.807, 2.05) is 17.8 Å². The molecule has 0 spiro atoms. The van der Waals surface area contributed by atoms with Crippen molar-refractivity contribution in [3.63, 3.8) is 0 Å². The van der Waals surface area contributed by atoms with Crippen molar-refractivity contribution in [2.24, 2.45) is 0 Å². The zero-order valence-electron chi connectivity index (χ0n) is 9.74. The van der Waals surface area contributed by atoms with Gasteiger partial charge in [0.15, 0.2) is 0 Å². The quantitative estimate of drug-likeness (QED) is 0.873. The van der Waals surface area contributed by atoms with E-state index in [1.54, 1.807) is 0 Å². The van der Waals surface area contributed by atoms with Crippen molar-refractivity contribution < 1.29 is 9.90 Å². The third-order valence-corrected chi connectivity index (χ3v) is 5.23. The molecule has 90 valence electrons. The predicted octanol–water partition coefficient (Wildman–Crippen LogP) is 3.23. The largest absolute Gasteiger partial charge is 0.481 e. The van der Waals surface area contributed by atoms with E-state index in [4.69, 9.17) is 0 Å². The van der Waals surface area contributed by atoms with Gasteiger partial charge in [-0.2, -0.15) is 0 Å². The molecule has 3 heteroatoms. The van der Waals surface area contributed by atoms with Crippen LogP contribution < -0.4 is 0 Å². The summed E-state index contributed by atoms with van der Waals surface area (Å²) in [6.07, 6.45) is 4.77. The van der Waals surface area contributed by atoms with Gasteiger partial charge in [0.05, 0.1) is 5.41 Å². The smallest absolute Gasteiger partial charge is 0.314 e. The minimum Gasteiger partial charge on any atom is -0.481 e. The number of aryl methyl sites for hydroxylation is 1. The van der Waals surface area contributed by atoms with Crippen LogP contribution in [0.3, 0.4) is 0 Å². The molecule has 2 aliphatic rings. The molecule has 0 saturated heterocycles. The van der Waals surface area contributed by atoms with Crippen LogP contribution in [0.1, 0.15) is 36.8 Å². The first-order chi connectivity index (χ1) is 8.22. The van der Waals surface area contributed by atoms with Crippen molar-refractivity contribution >= 4 is 17.7 Å². The van der Waals surface area contributed by atoms with Crippen molar-refractivity contribution in [2.45, 2.75) is 42.4 Å². The first kappa shape index (κ1) is 11.1. The maximum absolute atomic E-state index is 11.6. The molecule has 0 aromatic heterocycles. The molecule has 1 heterocycles. The summed E-state index contributed by atoms with van der Waals surface area (Å²) in [6.45, 7) is 0. The number of thioether (sulfide) groups is 1. The summed E-state index contributed by atoms with van der Waals surface area (Å²) in [6, 6.07) is 6.30. The average molecular weight is 248 g/mol. The second-order valence-corrected chi connectivity index (χ2v) is 6.15. The fraction of sp³-hybridized carbons (Fsp3) is 0.500. The first-order valence-electron chi connectivity index (χ1n) is 6.22. The molecule has 1 aliphatic heterocycles. The number of aliphatic carboxylic acids is 1. The summed E-state index contributed by atoms with van der Waals surface area (Å²) in [4.78, 5) is 13.0. The Hall–Kier alpha value is -0.960. The van der Waals surface area contributed by atoms with E-state index >= 15 is 0 Å². The van der Waals surface area contributed by atoms with E-state index in [1.165, 1.54) is 10.5 Å². The van der Waals surface area contributed by atoms with Crippen LogP contribution in [0, 0.1) is 0 Å². The molecule has 0 unspecified atom stereocenters. The van der Waals surface area contributed by atoms with Gasteiger partial charge in [-0.25, -0.2) is 0 Å². The van der Waals surface area contributed by atoms with Crippen molar-refractivity contribution in [3.05, 3.63) is 29.3 Å². The molecular weight excluding hydrogens is 232 g/mol. The molecule has 0 amide bonds. The monoisotopic (exact) mass is 248 g/mol. The standard InChI is InChI=1S/C14H16O2S/c15-13(16)14(6-1-2-7-14)11-3-4-12-10(9-11)5-8-17-12/h3-4,9H,1-2,5-8H2,(H,15,16). The summed E-state index contributed by atoms with van der Waals surface area (Å²) in [5.74, 6) is 0.499. The third kappa shape index (κ3) is 1.68. The van der Waals surface area contributed by atoms with E-state index < -0.39 is 11.4 Å². The predicted molar refractivity (Wildman–Crippen MR) is 68.7 cm³/mol. The fourth-order valence-corrected chi connectivity index (χ4v) is 4.14. The van der Waals surface area contributed by atoms with Crippen molar-refractivity contribution in [1.29, 1.82) is 0 Å². The number of hydrogen-bond acceptors (Lipinski definition) is 2. The van der Waals surface area contributed by atoms with E-state index in [0.29, 0.717) is 0 Å². The average Bonchev–Trinajstić information content (AvgIpc) is 2.97. The van der Waals surface area contributed by atoms with Crippen molar-refractivity contribution in [2.75, 3.05) is 5.75 Å². The van der Waals surface area contributed by atoms with Gasteiger partial charge in [0.1, 0.15) is 0 Å². The topological polar surface area (TPSA) is 37.3 Å². The molecule has 1 aromatic carbocycles. The molecule has 0 atom stereocenters. The number of benzene rings is 1. The molecular formula is C14H16O2S. The van der Waals surface area contributed by atoms with Crippen molar-refractivity contribution in [3.8, 4) is 0 Å². The Morgan fingerprint density at radius 1 is 1.29 bits per heavy atom. The molecule has 2 nitrogen and oxygen atoms in total. The lowest BCUT2D eigenvalue weighted by molar-refractivity contribution is -0.143. The lowest BCUT2D eigenvalue weighted by Gasteiger charge is -2.25. The normalized spacial score (nSPS) is 21.4. The summed E-state index contributed by atoms with van der Waals surface area (Å²) in [5, 5.41) is 9.56. The highest BCUT2D eigenvalue weighted by Crippen LogP contribution is 2.43. The van der Waals surface area contributed by atoms with E-state index in [0.717, 1.165) is 43.4 Å². The molecule has 0 bridgehead atoms. The Balaban J connectivity index is 2.05. The minimum atomic E-state index is -0.638. The molecule has 1 aliphatic carbocycles. The molecule has 1 N–H and O–H groups in total. The van der Waals surface area contributed by atoms with Gasteiger partial charge >= 0.3 is 5.97 Å². The highest BCUT2D eigenvalue weighted by molar-refractivity contribution is 7.99. The van der Waals surface area contributed by atoms with Gasteiger partial charge in [-0.15, -0.1) is 11.8 Å². The van der Waals surface area contributed by atoms with Crippen LogP contribution in [-0.2, 0) is 16.6 Å². The summed E-state index contributed by atoms with van der Waals surface area (Å²) >= 11 is 1.88. The van der Waals surface area contributed by atoms with Crippen LogP contribution in [0.5, 0.6) is 0 Å². The second kappa shape index (κ2) is 4.05. The number of carboxylic acid groups (broad SMARTS) is 1. The number of rotatable bonds is 2. The lowest BCUT2D eigenvalue weighted by Crippen LogP contribution is -2.32. The SMILES string of the molecule is O=C(O)C1(c2ccc3c(c2)CCS3)CCCC1. The van der Waals surface area contributed by atoms with Gasteiger partial charge in [0.2, 0.25) is 0 Å². The van der Waals surface area contributed by atoms with Gasteiger partial charge in [-0.05, 0) is 36.5 Å². The van der Waals surface area contributed by atoms with Crippen LogP contribution in [0.2, 0.25) is 0 Å². The molecule has 1 aromatic rings. The van der Waals surface area contributed by atoms with Crippen LogP contribution >= 0.6 is 11.8 Å². The fourth-order valence-electron chi connectivity index (χ4n) is 3.09. The number of hydrogen-bond donors (Lipinski definition) is 1. The number of carboxylic acids is 1.